The summed E-state index contributed by atoms with van der Waals surface area (Å²) in [6, 6.07) is 5.44. The number of likely N-dealkylation sites (N-methyl/N-ethyl adjacent to an activating group) is 1. The quantitative estimate of drug-likeness (QED) is 0.172. The number of methoxy groups -OCH3 is 6. The second-order valence-electron chi connectivity index (χ2n) is 8.84. The van der Waals surface area contributed by atoms with Crippen LogP contribution in [-0.2, 0) is 21.0 Å². The normalized spacial score (nSPS) is 19.1. The molecular weight excluding hydrogens is 506 g/mol. The summed E-state index contributed by atoms with van der Waals surface area (Å²) in [6.45, 7) is 1.00. The second-order valence-corrected chi connectivity index (χ2v) is 9.89. The Morgan fingerprint density at radius 3 is 1.86 bits per heavy atom. The lowest BCUT2D eigenvalue weighted by Gasteiger charge is -2.46. The first-order valence-corrected chi connectivity index (χ1v) is 13.0. The smallest absolute Gasteiger partial charge is 0.217 e. The molecule has 0 spiro atoms. The standard InChI is InChI=1S/C25H35NO10S/c1-26(10-8-12-36-37(27,28)29)11-9-16-13-20(32-4)24(34-6)25(35-7)21(16)22(26)17-14-18(30-2)23(33-5)19(15-17)31-3/h13-15,22H,8-12H2,1-7H3/t22-,26-/m1/s1. The van der Waals surface area contributed by atoms with Crippen LogP contribution in [0.4, 0.5) is 0 Å². The first kappa shape index (κ1) is 28.6. The first-order valence-electron chi connectivity index (χ1n) is 11.6. The van der Waals surface area contributed by atoms with Gasteiger partial charge in [0, 0.05) is 18.4 Å². The molecule has 206 valence electrons. The van der Waals surface area contributed by atoms with Crippen LogP contribution >= 0.6 is 0 Å². The van der Waals surface area contributed by atoms with Crippen molar-refractivity contribution in [2.45, 2.75) is 18.9 Å². The van der Waals surface area contributed by atoms with E-state index in [1.54, 1.807) is 42.7 Å². The average Bonchev–Trinajstić information content (AvgIpc) is 2.88. The van der Waals surface area contributed by atoms with Gasteiger partial charge in [-0.3, -0.25) is 4.18 Å². The van der Waals surface area contributed by atoms with E-state index >= 15 is 0 Å². The summed E-state index contributed by atoms with van der Waals surface area (Å²) < 4.78 is 71.8. The molecule has 2 aromatic carbocycles. The van der Waals surface area contributed by atoms with Crippen molar-refractivity contribution < 1.29 is 50.1 Å². The molecule has 0 aliphatic carbocycles. The van der Waals surface area contributed by atoms with Gasteiger partial charge in [0.2, 0.25) is 21.9 Å². The number of benzene rings is 2. The third-order valence-electron chi connectivity index (χ3n) is 6.79. The van der Waals surface area contributed by atoms with E-state index in [0.29, 0.717) is 64.9 Å². The monoisotopic (exact) mass is 541 g/mol. The van der Waals surface area contributed by atoms with Gasteiger partial charge in [-0.15, -0.1) is 0 Å². The van der Waals surface area contributed by atoms with E-state index in [0.717, 1.165) is 16.7 Å². The zero-order valence-corrected chi connectivity index (χ0v) is 23.1. The molecule has 3 rings (SSSR count). The number of ether oxygens (including phenoxy) is 6. The second kappa shape index (κ2) is 11.6. The molecular formula is C25H35NO10S. The van der Waals surface area contributed by atoms with E-state index in [1.807, 2.05) is 18.2 Å². The number of rotatable bonds is 12. The Balaban J connectivity index is 2.25. The van der Waals surface area contributed by atoms with Crippen LogP contribution in [0, 0.1) is 0 Å². The van der Waals surface area contributed by atoms with Crippen molar-refractivity contribution in [1.82, 2.24) is 0 Å². The molecule has 0 saturated carbocycles. The summed E-state index contributed by atoms with van der Waals surface area (Å²) in [7, 11) is 6.66. The number of hydrogen-bond acceptors (Lipinski definition) is 10. The molecule has 11 nitrogen and oxygen atoms in total. The van der Waals surface area contributed by atoms with Crippen LogP contribution in [0.1, 0.15) is 29.2 Å². The predicted molar refractivity (Wildman–Crippen MR) is 134 cm³/mol. The zero-order valence-electron chi connectivity index (χ0n) is 22.3. The molecule has 0 N–H and O–H groups in total. The van der Waals surface area contributed by atoms with Gasteiger partial charge in [0.15, 0.2) is 23.0 Å². The van der Waals surface area contributed by atoms with E-state index in [-0.39, 0.29) is 12.6 Å². The fraction of sp³-hybridized carbons (Fsp3) is 0.520. The van der Waals surface area contributed by atoms with Gasteiger partial charge in [-0.1, -0.05) is 0 Å². The van der Waals surface area contributed by atoms with Gasteiger partial charge in [-0.2, -0.15) is 0 Å². The van der Waals surface area contributed by atoms with Gasteiger partial charge < -0.3 is 37.5 Å². The summed E-state index contributed by atoms with van der Waals surface area (Å²) >= 11 is 0. The maximum Gasteiger partial charge on any atom is 0.217 e. The lowest BCUT2D eigenvalue weighted by atomic mass is 9.84. The third-order valence-corrected chi connectivity index (χ3v) is 7.24. The Hall–Kier alpha value is -2.93. The largest absolute Gasteiger partial charge is 0.726 e. The van der Waals surface area contributed by atoms with Crippen LogP contribution in [0.5, 0.6) is 34.5 Å². The summed E-state index contributed by atoms with van der Waals surface area (Å²) in [5, 5.41) is 0. The van der Waals surface area contributed by atoms with E-state index in [1.165, 1.54) is 0 Å². The summed E-state index contributed by atoms with van der Waals surface area (Å²) in [4.78, 5) is 0. The zero-order chi connectivity index (χ0) is 27.4. The molecule has 0 bridgehead atoms. The predicted octanol–water partition coefficient (Wildman–Crippen LogP) is 2.70. The fourth-order valence-corrected chi connectivity index (χ4v) is 5.49. The molecule has 12 heteroatoms. The van der Waals surface area contributed by atoms with E-state index < -0.39 is 10.4 Å². The highest BCUT2D eigenvalue weighted by Crippen LogP contribution is 2.53. The lowest BCUT2D eigenvalue weighted by molar-refractivity contribution is -0.935. The molecule has 1 aliphatic rings. The minimum atomic E-state index is -4.77. The van der Waals surface area contributed by atoms with Gasteiger partial charge in [-0.05, 0) is 23.8 Å². The highest BCUT2D eigenvalue weighted by Gasteiger charge is 2.44. The summed E-state index contributed by atoms with van der Waals surface area (Å²) in [5.41, 5.74) is 2.80. The molecule has 0 radical (unpaired) electrons. The average molecular weight is 542 g/mol. The number of quaternary nitrogens is 1. The minimum absolute atomic E-state index is 0.211. The van der Waals surface area contributed by atoms with Gasteiger partial charge in [0.1, 0.15) is 6.04 Å². The molecule has 37 heavy (non-hydrogen) atoms. The van der Waals surface area contributed by atoms with Crippen LogP contribution in [-0.4, -0.2) is 86.9 Å². The van der Waals surface area contributed by atoms with E-state index in [2.05, 4.69) is 11.2 Å². The van der Waals surface area contributed by atoms with Crippen LogP contribution < -0.4 is 28.4 Å². The fourth-order valence-electron chi connectivity index (χ4n) is 5.17. The van der Waals surface area contributed by atoms with Crippen molar-refractivity contribution in [3.05, 3.63) is 34.9 Å². The Kier molecular flexibility index (Phi) is 9.00. The van der Waals surface area contributed by atoms with Crippen molar-refractivity contribution in [2.24, 2.45) is 0 Å². The molecule has 0 fully saturated rings. The van der Waals surface area contributed by atoms with Gasteiger partial charge in [0.25, 0.3) is 0 Å². The van der Waals surface area contributed by atoms with Crippen molar-refractivity contribution in [3.8, 4) is 34.5 Å². The summed E-state index contributed by atoms with van der Waals surface area (Å²) in [5.74, 6) is 3.03. The van der Waals surface area contributed by atoms with Crippen molar-refractivity contribution in [1.29, 1.82) is 0 Å². The van der Waals surface area contributed by atoms with Crippen molar-refractivity contribution >= 4 is 10.4 Å². The molecule has 0 saturated heterocycles. The topological polar surface area (TPSA) is 122 Å². The maximum atomic E-state index is 11.0. The third kappa shape index (κ3) is 5.82. The highest BCUT2D eigenvalue weighted by molar-refractivity contribution is 7.80. The summed E-state index contributed by atoms with van der Waals surface area (Å²) in [6.07, 6.45) is 1.04. The molecule has 0 amide bonds. The number of nitrogens with zero attached hydrogens (tertiary/aromatic N) is 1. The van der Waals surface area contributed by atoms with Crippen LogP contribution in [0.3, 0.4) is 0 Å². The maximum absolute atomic E-state index is 11.0. The molecule has 0 aromatic heterocycles. The van der Waals surface area contributed by atoms with Gasteiger partial charge in [-0.25, -0.2) is 8.42 Å². The Morgan fingerprint density at radius 2 is 1.38 bits per heavy atom. The van der Waals surface area contributed by atoms with E-state index in [9.17, 15) is 13.0 Å². The Labute approximate surface area is 218 Å². The van der Waals surface area contributed by atoms with Crippen molar-refractivity contribution in [3.63, 3.8) is 0 Å². The molecule has 2 aromatic rings. The highest BCUT2D eigenvalue weighted by atomic mass is 32.3. The van der Waals surface area contributed by atoms with Gasteiger partial charge >= 0.3 is 0 Å². The number of fused-ring (bicyclic) bond motifs is 1. The van der Waals surface area contributed by atoms with Crippen LogP contribution in [0.25, 0.3) is 0 Å². The Bertz CT molecular complexity index is 1190. The van der Waals surface area contributed by atoms with E-state index in [4.69, 9.17) is 28.4 Å². The SMILES string of the molecule is COc1cc([C@@H]2c3c(cc(OC)c(OC)c3OC)CC[N@@+]2(C)CCCOS(=O)(=O)[O-])cc(OC)c1OC. The Morgan fingerprint density at radius 1 is 0.838 bits per heavy atom. The van der Waals surface area contributed by atoms with Crippen LogP contribution in [0.15, 0.2) is 18.2 Å². The minimum Gasteiger partial charge on any atom is -0.726 e. The van der Waals surface area contributed by atoms with Gasteiger partial charge in [0.05, 0.1) is 75.0 Å². The van der Waals surface area contributed by atoms with Crippen molar-refractivity contribution in [2.75, 3.05) is 69.4 Å². The molecule has 1 aliphatic heterocycles. The molecule has 0 unspecified atom stereocenters. The molecule has 1 heterocycles. The van der Waals surface area contributed by atoms with Crippen LogP contribution in [0.2, 0.25) is 0 Å². The first-order chi connectivity index (χ1) is 17.6. The molecule has 2 atom stereocenters. The lowest BCUT2D eigenvalue weighted by Crippen LogP contribution is -2.52. The number of hydrogen-bond donors (Lipinski definition) is 0.